The topological polar surface area (TPSA) is 48.2 Å². The Morgan fingerprint density at radius 3 is 2.79 bits per heavy atom. The molecule has 0 fully saturated rings. The number of ether oxygens (including phenoxy) is 1. The lowest BCUT2D eigenvalue weighted by Crippen LogP contribution is -1.95. The Hall–Kier alpha value is -0.980. The third-order valence-electron chi connectivity index (χ3n) is 1.98. The first-order valence-electron chi connectivity index (χ1n) is 5.30. The molecule has 19 heavy (non-hydrogen) atoms. The molecule has 0 aliphatic carbocycles. The molecule has 0 bridgehead atoms. The van der Waals surface area contributed by atoms with E-state index in [1.807, 2.05) is 0 Å². The van der Waals surface area contributed by atoms with E-state index in [2.05, 4.69) is 32.7 Å². The highest BCUT2D eigenvalue weighted by molar-refractivity contribution is 9.11. The highest BCUT2D eigenvalue weighted by atomic mass is 79.9. The van der Waals surface area contributed by atoms with Crippen molar-refractivity contribution in [1.29, 1.82) is 0 Å². The zero-order valence-corrected chi connectivity index (χ0v) is 13.0. The zero-order chi connectivity index (χ0) is 13.7. The lowest BCUT2D eigenvalue weighted by molar-refractivity contribution is 0.252. The fourth-order valence-corrected chi connectivity index (χ4v) is 2.17. The highest BCUT2D eigenvalue weighted by Gasteiger charge is 2.07. The zero-order valence-electron chi connectivity index (χ0n) is 9.81. The number of nitrogens with zero attached hydrogens (tertiary/aromatic N) is 2. The molecule has 4 nitrogen and oxygen atoms in total. The van der Waals surface area contributed by atoms with Crippen molar-refractivity contribution >= 4 is 39.3 Å². The van der Waals surface area contributed by atoms with Gasteiger partial charge >= 0.3 is 0 Å². The summed E-state index contributed by atoms with van der Waals surface area (Å²) in [6.07, 6.45) is 0. The summed E-state index contributed by atoms with van der Waals surface area (Å²) >= 11 is 10.5. The van der Waals surface area contributed by atoms with Gasteiger partial charge in [-0.2, -0.15) is 0 Å². The molecule has 7 heteroatoms. The van der Waals surface area contributed by atoms with Gasteiger partial charge in [0.1, 0.15) is 5.75 Å². The van der Waals surface area contributed by atoms with E-state index in [-0.39, 0.29) is 6.61 Å². The third-order valence-corrected chi connectivity index (χ3v) is 3.78. The second-order valence-electron chi connectivity index (χ2n) is 3.51. The van der Waals surface area contributed by atoms with Crippen molar-refractivity contribution in [2.75, 3.05) is 5.75 Å². The summed E-state index contributed by atoms with van der Waals surface area (Å²) < 4.78 is 11.8. The van der Waals surface area contributed by atoms with E-state index in [0.717, 1.165) is 4.48 Å². The first-order chi connectivity index (χ1) is 9.13. The lowest BCUT2D eigenvalue weighted by Gasteiger charge is -2.02. The van der Waals surface area contributed by atoms with Crippen LogP contribution in [0.4, 0.5) is 0 Å². The van der Waals surface area contributed by atoms with Crippen molar-refractivity contribution < 1.29 is 9.15 Å². The monoisotopic (exact) mass is 360 g/mol. The molecular formula is C12H10BrClN2O2S. The van der Waals surface area contributed by atoms with E-state index in [9.17, 15) is 0 Å². The average molecular weight is 362 g/mol. The summed E-state index contributed by atoms with van der Waals surface area (Å²) in [5.41, 5.74) is 0. The number of thioether (sulfide) groups is 1. The second kappa shape index (κ2) is 6.98. The molecule has 0 amide bonds. The van der Waals surface area contributed by atoms with Crippen molar-refractivity contribution in [2.45, 2.75) is 11.8 Å². The molecule has 0 atom stereocenters. The first-order valence-corrected chi connectivity index (χ1v) is 7.46. The van der Waals surface area contributed by atoms with Crippen LogP contribution in [0.1, 0.15) is 5.89 Å². The number of halogens is 2. The smallest absolute Gasteiger partial charge is 0.277 e. The summed E-state index contributed by atoms with van der Waals surface area (Å²) in [4.78, 5) is 0. The molecule has 2 aromatic rings. The molecule has 0 aliphatic heterocycles. The molecule has 0 N–H and O–H groups in total. The van der Waals surface area contributed by atoms with E-state index in [1.165, 1.54) is 11.8 Å². The molecular weight excluding hydrogens is 352 g/mol. The third kappa shape index (κ3) is 4.89. The predicted octanol–water partition coefficient (Wildman–Crippen LogP) is 4.30. The van der Waals surface area contributed by atoms with Crippen LogP contribution in [0, 0.1) is 0 Å². The highest BCUT2D eigenvalue weighted by Crippen LogP contribution is 2.21. The van der Waals surface area contributed by atoms with Crippen LogP contribution >= 0.6 is 39.3 Å². The number of hydrogen-bond donors (Lipinski definition) is 0. The van der Waals surface area contributed by atoms with Gasteiger partial charge in [0.2, 0.25) is 0 Å². The maximum absolute atomic E-state index is 5.78. The van der Waals surface area contributed by atoms with Gasteiger partial charge in [-0.3, -0.25) is 0 Å². The quantitative estimate of drug-likeness (QED) is 0.718. The van der Waals surface area contributed by atoms with Crippen LogP contribution in [-0.2, 0) is 6.61 Å². The lowest BCUT2D eigenvalue weighted by atomic mass is 10.3. The molecule has 0 aliphatic rings. The normalized spacial score (nSPS) is 10.4. The van der Waals surface area contributed by atoms with Crippen molar-refractivity contribution in [3.05, 3.63) is 46.2 Å². The Balaban J connectivity index is 1.86. The maximum atomic E-state index is 5.78. The molecule has 1 aromatic carbocycles. The van der Waals surface area contributed by atoms with Crippen LogP contribution in [0.5, 0.6) is 5.75 Å². The standard InChI is InChI=1S/C12H10BrClN2O2S/c1-8(13)7-19-12-16-15-11(18-12)6-17-10-4-2-9(14)3-5-10/h2-5H,1,6-7H2. The van der Waals surface area contributed by atoms with Crippen LogP contribution in [-0.4, -0.2) is 16.0 Å². The van der Waals surface area contributed by atoms with E-state index in [1.54, 1.807) is 24.3 Å². The van der Waals surface area contributed by atoms with Gasteiger partial charge in [-0.05, 0) is 28.7 Å². The van der Waals surface area contributed by atoms with Gasteiger partial charge in [0.05, 0.1) is 0 Å². The Kier molecular flexibility index (Phi) is 5.30. The minimum atomic E-state index is 0.227. The minimum absolute atomic E-state index is 0.227. The van der Waals surface area contributed by atoms with Gasteiger partial charge in [0.15, 0.2) is 6.61 Å². The second-order valence-corrected chi connectivity index (χ2v) is 5.99. The number of hydrogen-bond acceptors (Lipinski definition) is 5. The van der Waals surface area contributed by atoms with Crippen LogP contribution in [0.2, 0.25) is 5.02 Å². The van der Waals surface area contributed by atoms with E-state index in [4.69, 9.17) is 20.8 Å². The molecule has 0 radical (unpaired) electrons. The van der Waals surface area contributed by atoms with Crippen molar-refractivity contribution in [2.24, 2.45) is 0 Å². The Bertz CT molecular complexity index is 559. The Morgan fingerprint density at radius 2 is 2.11 bits per heavy atom. The largest absolute Gasteiger partial charge is 0.484 e. The average Bonchev–Trinajstić information content (AvgIpc) is 2.84. The molecule has 1 heterocycles. The van der Waals surface area contributed by atoms with Crippen molar-refractivity contribution in [1.82, 2.24) is 10.2 Å². The number of rotatable bonds is 6. The maximum Gasteiger partial charge on any atom is 0.277 e. The van der Waals surface area contributed by atoms with Gasteiger partial charge in [0.25, 0.3) is 11.1 Å². The van der Waals surface area contributed by atoms with E-state index >= 15 is 0 Å². The first kappa shape index (κ1) is 14.4. The fourth-order valence-electron chi connectivity index (χ4n) is 1.17. The Labute approximate surface area is 128 Å². The fraction of sp³-hybridized carbons (Fsp3) is 0.167. The number of aromatic nitrogens is 2. The van der Waals surface area contributed by atoms with Crippen LogP contribution in [0.25, 0.3) is 0 Å². The molecule has 0 spiro atoms. The predicted molar refractivity (Wildman–Crippen MR) is 78.9 cm³/mol. The van der Waals surface area contributed by atoms with Crippen molar-refractivity contribution in [3.63, 3.8) is 0 Å². The summed E-state index contributed by atoms with van der Waals surface area (Å²) in [6.45, 7) is 3.96. The van der Waals surface area contributed by atoms with Crippen LogP contribution in [0.15, 0.2) is 45.0 Å². The van der Waals surface area contributed by atoms with Crippen LogP contribution in [0.3, 0.4) is 0 Å². The Morgan fingerprint density at radius 1 is 1.37 bits per heavy atom. The van der Waals surface area contributed by atoms with Crippen molar-refractivity contribution in [3.8, 4) is 5.75 Å². The summed E-state index contributed by atoms with van der Waals surface area (Å²) in [5.74, 6) is 1.81. The molecule has 0 unspecified atom stereocenters. The van der Waals surface area contributed by atoms with Gasteiger partial charge in [-0.25, -0.2) is 0 Å². The molecule has 0 saturated carbocycles. The van der Waals surface area contributed by atoms with E-state index < -0.39 is 0 Å². The molecule has 100 valence electrons. The summed E-state index contributed by atoms with van der Waals surface area (Å²) in [6, 6.07) is 7.08. The van der Waals surface area contributed by atoms with Gasteiger partial charge in [0, 0.05) is 10.8 Å². The van der Waals surface area contributed by atoms with Gasteiger partial charge in [-0.15, -0.1) is 10.2 Å². The SMILES string of the molecule is C=C(Br)CSc1nnc(COc2ccc(Cl)cc2)o1. The molecule has 0 saturated heterocycles. The van der Waals surface area contributed by atoms with Gasteiger partial charge < -0.3 is 9.15 Å². The number of benzene rings is 1. The minimum Gasteiger partial charge on any atom is -0.484 e. The summed E-state index contributed by atoms with van der Waals surface area (Å²) in [5, 5.41) is 8.95. The molecule has 2 rings (SSSR count). The van der Waals surface area contributed by atoms with Gasteiger partial charge in [-0.1, -0.05) is 45.9 Å². The summed E-state index contributed by atoms with van der Waals surface area (Å²) in [7, 11) is 0. The van der Waals surface area contributed by atoms with Crippen LogP contribution < -0.4 is 4.74 Å². The molecule has 1 aromatic heterocycles. The van der Waals surface area contributed by atoms with E-state index in [0.29, 0.717) is 27.6 Å².